The number of hydrogen-bond donors (Lipinski definition) is 1. The Morgan fingerprint density at radius 2 is 1.81 bits per heavy atom. The van der Waals surface area contributed by atoms with Crippen molar-refractivity contribution in [3.8, 4) is 5.75 Å². The highest BCUT2D eigenvalue weighted by Crippen LogP contribution is 2.27. The maximum Gasteiger partial charge on any atom is 0.260 e. The Kier molecular flexibility index (Phi) is 6.88. The first-order valence-electron chi connectivity index (χ1n) is 9.96. The first-order chi connectivity index (χ1) is 13.2. The number of likely N-dealkylation sites (tertiary alicyclic amines) is 1. The van der Waals surface area contributed by atoms with E-state index in [1.807, 2.05) is 23.1 Å². The van der Waals surface area contributed by atoms with Crippen molar-refractivity contribution in [2.75, 3.05) is 19.7 Å². The Morgan fingerprint density at radius 3 is 2.52 bits per heavy atom. The zero-order chi connectivity index (χ0) is 19.1. The lowest BCUT2D eigenvalue weighted by molar-refractivity contribution is -0.132. The van der Waals surface area contributed by atoms with Crippen molar-refractivity contribution in [1.82, 2.24) is 10.2 Å². The number of ether oxygens (including phenoxy) is 1. The van der Waals surface area contributed by atoms with Gasteiger partial charge in [-0.15, -0.1) is 0 Å². The SMILES string of the molecule is CCC(NCc1ccc(C)cc1)c1ccccc1OCC(=O)N1CCCC1. The summed E-state index contributed by atoms with van der Waals surface area (Å²) in [5.41, 5.74) is 3.65. The number of carbonyl (C=O) groups is 1. The van der Waals surface area contributed by atoms with Gasteiger partial charge in [-0.05, 0) is 37.8 Å². The lowest BCUT2D eigenvalue weighted by atomic mass is 10.0. The van der Waals surface area contributed by atoms with Crippen LogP contribution in [0.5, 0.6) is 5.75 Å². The van der Waals surface area contributed by atoms with E-state index >= 15 is 0 Å². The molecular weight excluding hydrogens is 336 g/mol. The Balaban J connectivity index is 1.63. The van der Waals surface area contributed by atoms with Crippen LogP contribution < -0.4 is 10.1 Å². The second-order valence-corrected chi connectivity index (χ2v) is 7.24. The van der Waals surface area contributed by atoms with Crippen molar-refractivity contribution >= 4 is 5.91 Å². The molecule has 0 aliphatic carbocycles. The van der Waals surface area contributed by atoms with E-state index in [0.717, 1.165) is 50.2 Å². The summed E-state index contributed by atoms with van der Waals surface area (Å²) in [4.78, 5) is 14.2. The van der Waals surface area contributed by atoms with Gasteiger partial charge in [0.25, 0.3) is 5.91 Å². The molecule has 2 aromatic carbocycles. The predicted molar refractivity (Wildman–Crippen MR) is 109 cm³/mol. The maximum atomic E-state index is 12.3. The number of nitrogens with zero attached hydrogens (tertiary/aromatic N) is 1. The number of rotatable bonds is 8. The fraction of sp³-hybridized carbons (Fsp3) is 0.435. The van der Waals surface area contributed by atoms with Crippen LogP contribution in [0.3, 0.4) is 0 Å². The molecule has 0 spiro atoms. The van der Waals surface area contributed by atoms with Crippen LogP contribution in [0.2, 0.25) is 0 Å². The lowest BCUT2D eigenvalue weighted by Gasteiger charge is -2.22. The molecule has 1 amide bonds. The van der Waals surface area contributed by atoms with Crippen LogP contribution in [0, 0.1) is 6.92 Å². The number of amides is 1. The van der Waals surface area contributed by atoms with Gasteiger partial charge in [-0.25, -0.2) is 0 Å². The van der Waals surface area contributed by atoms with Gasteiger partial charge in [-0.1, -0.05) is 55.0 Å². The molecule has 1 aliphatic heterocycles. The molecule has 27 heavy (non-hydrogen) atoms. The van der Waals surface area contributed by atoms with Crippen LogP contribution in [0.25, 0.3) is 0 Å². The molecule has 144 valence electrons. The summed E-state index contributed by atoms with van der Waals surface area (Å²) in [5.74, 6) is 0.885. The Labute approximate surface area is 162 Å². The minimum atomic E-state index is 0.0861. The maximum absolute atomic E-state index is 12.3. The van der Waals surface area contributed by atoms with Gasteiger partial charge in [0.1, 0.15) is 5.75 Å². The molecule has 3 rings (SSSR count). The number of nitrogens with one attached hydrogen (secondary N) is 1. The molecule has 4 heteroatoms. The zero-order valence-corrected chi connectivity index (χ0v) is 16.4. The van der Waals surface area contributed by atoms with Gasteiger partial charge in [0.2, 0.25) is 0 Å². The molecule has 1 atom stereocenters. The highest BCUT2D eigenvalue weighted by Gasteiger charge is 2.20. The van der Waals surface area contributed by atoms with Crippen molar-refractivity contribution in [1.29, 1.82) is 0 Å². The lowest BCUT2D eigenvalue weighted by Crippen LogP contribution is -2.32. The molecule has 1 unspecified atom stereocenters. The second-order valence-electron chi connectivity index (χ2n) is 7.24. The zero-order valence-electron chi connectivity index (χ0n) is 16.4. The third-order valence-corrected chi connectivity index (χ3v) is 5.19. The molecule has 2 aromatic rings. The molecule has 4 nitrogen and oxygen atoms in total. The first-order valence-corrected chi connectivity index (χ1v) is 9.96. The molecule has 1 saturated heterocycles. The summed E-state index contributed by atoms with van der Waals surface area (Å²) in [7, 11) is 0. The van der Waals surface area contributed by atoms with Crippen LogP contribution in [-0.2, 0) is 11.3 Å². The van der Waals surface area contributed by atoms with E-state index in [0.29, 0.717) is 0 Å². The molecular formula is C23H30N2O2. The monoisotopic (exact) mass is 366 g/mol. The average Bonchev–Trinajstić information content (AvgIpc) is 3.24. The number of para-hydroxylation sites is 1. The van der Waals surface area contributed by atoms with E-state index < -0.39 is 0 Å². The fourth-order valence-electron chi connectivity index (χ4n) is 3.52. The minimum Gasteiger partial charge on any atom is -0.483 e. The molecule has 1 N–H and O–H groups in total. The third-order valence-electron chi connectivity index (χ3n) is 5.19. The number of benzene rings is 2. The van der Waals surface area contributed by atoms with Gasteiger partial charge >= 0.3 is 0 Å². The first kappa shape index (κ1) is 19.4. The van der Waals surface area contributed by atoms with Gasteiger partial charge in [0.05, 0.1) is 0 Å². The fourth-order valence-corrected chi connectivity index (χ4v) is 3.52. The van der Waals surface area contributed by atoms with E-state index in [1.54, 1.807) is 0 Å². The van der Waals surface area contributed by atoms with Gasteiger partial charge in [0, 0.05) is 31.2 Å². The Morgan fingerprint density at radius 1 is 1.11 bits per heavy atom. The average molecular weight is 367 g/mol. The standard InChI is InChI=1S/C23H30N2O2/c1-3-21(24-16-19-12-10-18(2)11-13-19)20-8-4-5-9-22(20)27-17-23(26)25-14-6-7-15-25/h4-5,8-13,21,24H,3,6-7,14-17H2,1-2H3. The molecule has 0 bridgehead atoms. The predicted octanol–water partition coefficient (Wildman–Crippen LogP) is 4.24. The topological polar surface area (TPSA) is 41.6 Å². The number of carbonyl (C=O) groups excluding carboxylic acids is 1. The Hall–Kier alpha value is -2.33. The van der Waals surface area contributed by atoms with Crippen LogP contribution in [0.4, 0.5) is 0 Å². The summed E-state index contributed by atoms with van der Waals surface area (Å²) in [5, 5.41) is 3.63. The van der Waals surface area contributed by atoms with Crippen molar-refractivity contribution in [2.24, 2.45) is 0 Å². The van der Waals surface area contributed by atoms with Crippen molar-refractivity contribution in [3.63, 3.8) is 0 Å². The molecule has 1 fully saturated rings. The normalized spacial score (nSPS) is 15.0. The van der Waals surface area contributed by atoms with Crippen LogP contribution in [0.15, 0.2) is 48.5 Å². The van der Waals surface area contributed by atoms with Gasteiger partial charge in [-0.3, -0.25) is 4.79 Å². The molecule has 0 radical (unpaired) electrons. The summed E-state index contributed by atoms with van der Waals surface area (Å²) in [6.07, 6.45) is 3.15. The van der Waals surface area contributed by atoms with Crippen LogP contribution >= 0.6 is 0 Å². The highest BCUT2D eigenvalue weighted by molar-refractivity contribution is 5.78. The van der Waals surface area contributed by atoms with Gasteiger partial charge in [0.15, 0.2) is 6.61 Å². The van der Waals surface area contributed by atoms with Gasteiger partial charge < -0.3 is 15.0 Å². The van der Waals surface area contributed by atoms with Crippen molar-refractivity contribution < 1.29 is 9.53 Å². The number of aryl methyl sites for hydroxylation is 1. The number of hydrogen-bond acceptors (Lipinski definition) is 3. The summed E-state index contributed by atoms with van der Waals surface area (Å²) < 4.78 is 5.93. The van der Waals surface area contributed by atoms with Crippen molar-refractivity contribution in [2.45, 2.75) is 45.7 Å². The third kappa shape index (κ3) is 5.33. The van der Waals surface area contributed by atoms with E-state index in [-0.39, 0.29) is 18.6 Å². The molecule has 0 aromatic heterocycles. The second kappa shape index (κ2) is 9.56. The minimum absolute atomic E-state index is 0.0861. The largest absolute Gasteiger partial charge is 0.483 e. The quantitative estimate of drug-likeness (QED) is 0.760. The Bertz CT molecular complexity index is 736. The molecule has 1 heterocycles. The summed E-state index contributed by atoms with van der Waals surface area (Å²) >= 11 is 0. The van der Waals surface area contributed by atoms with Crippen LogP contribution in [-0.4, -0.2) is 30.5 Å². The smallest absolute Gasteiger partial charge is 0.260 e. The van der Waals surface area contributed by atoms with Crippen molar-refractivity contribution in [3.05, 3.63) is 65.2 Å². The summed E-state index contributed by atoms with van der Waals surface area (Å²) in [6, 6.07) is 16.8. The van der Waals surface area contributed by atoms with Crippen LogP contribution in [0.1, 0.15) is 48.9 Å². The van der Waals surface area contributed by atoms with E-state index in [1.165, 1.54) is 11.1 Å². The highest BCUT2D eigenvalue weighted by atomic mass is 16.5. The van der Waals surface area contributed by atoms with E-state index in [2.05, 4.69) is 49.5 Å². The van der Waals surface area contributed by atoms with E-state index in [9.17, 15) is 4.79 Å². The summed E-state index contributed by atoms with van der Waals surface area (Å²) in [6.45, 7) is 6.91. The molecule has 1 aliphatic rings. The van der Waals surface area contributed by atoms with Gasteiger partial charge in [-0.2, -0.15) is 0 Å². The molecule has 0 saturated carbocycles. The van der Waals surface area contributed by atoms with E-state index in [4.69, 9.17) is 4.74 Å².